The van der Waals surface area contributed by atoms with Crippen LogP contribution in [0, 0.1) is 5.92 Å². The number of nitrogens with zero attached hydrogens (tertiary/aromatic N) is 2. The number of allylic oxidation sites excluding steroid dienone is 1. The number of aliphatic hydroxyl groups is 1. The lowest BCUT2D eigenvalue weighted by molar-refractivity contribution is 0.161. The minimum atomic E-state index is -3.36. The molecule has 6 heteroatoms. The van der Waals surface area contributed by atoms with Gasteiger partial charge in [0.25, 0.3) is 10.2 Å². The van der Waals surface area contributed by atoms with E-state index in [1.165, 1.54) is 8.61 Å². The minimum absolute atomic E-state index is 0.0617. The fourth-order valence-corrected chi connectivity index (χ4v) is 3.67. The lowest BCUT2D eigenvalue weighted by Crippen LogP contribution is -2.47. The molecule has 0 radical (unpaired) electrons. The number of aliphatic hydroxyl groups excluding tert-OH is 1. The number of rotatable bonds is 7. The van der Waals surface area contributed by atoms with Gasteiger partial charge < -0.3 is 5.11 Å². The molecule has 1 atom stereocenters. The number of hydrogen-bond acceptors (Lipinski definition) is 3. The third-order valence-electron chi connectivity index (χ3n) is 3.34. The molecule has 0 aromatic heterocycles. The van der Waals surface area contributed by atoms with Crippen molar-refractivity contribution in [2.45, 2.75) is 25.7 Å². The third kappa shape index (κ3) is 4.05. The molecular formula is C12H24N2O3S. The molecule has 1 N–H and O–H groups in total. The lowest BCUT2D eigenvalue weighted by Gasteiger charge is -2.33. The summed E-state index contributed by atoms with van der Waals surface area (Å²) >= 11 is 0. The first kappa shape index (κ1) is 15.6. The van der Waals surface area contributed by atoms with E-state index in [-0.39, 0.29) is 12.5 Å². The normalized spacial score (nSPS) is 22.3. The molecule has 1 aliphatic rings. The van der Waals surface area contributed by atoms with Crippen LogP contribution in [0.2, 0.25) is 0 Å². The zero-order valence-electron chi connectivity index (χ0n) is 11.1. The summed E-state index contributed by atoms with van der Waals surface area (Å²) in [6.45, 7) is 5.19. The summed E-state index contributed by atoms with van der Waals surface area (Å²) in [6.07, 6.45) is 5.13. The van der Waals surface area contributed by atoms with Crippen molar-refractivity contribution >= 4 is 10.2 Å². The zero-order valence-corrected chi connectivity index (χ0v) is 11.9. The average Bonchev–Trinajstić information content (AvgIpc) is 2.39. The first-order chi connectivity index (χ1) is 8.52. The molecule has 1 rings (SSSR count). The SMILES string of the molecule is C=CCCCN(C)S(=O)(=O)N1CCCC(CO)C1. The Labute approximate surface area is 110 Å². The van der Waals surface area contributed by atoms with Gasteiger partial charge in [0.2, 0.25) is 0 Å². The molecule has 1 unspecified atom stereocenters. The van der Waals surface area contributed by atoms with Crippen LogP contribution in [-0.2, 0) is 10.2 Å². The largest absolute Gasteiger partial charge is 0.396 e. The van der Waals surface area contributed by atoms with Crippen molar-refractivity contribution in [3.05, 3.63) is 12.7 Å². The summed E-state index contributed by atoms with van der Waals surface area (Å²) in [6, 6.07) is 0. The van der Waals surface area contributed by atoms with Gasteiger partial charge in [-0.15, -0.1) is 6.58 Å². The highest BCUT2D eigenvalue weighted by Gasteiger charge is 2.31. The van der Waals surface area contributed by atoms with Crippen LogP contribution in [0.1, 0.15) is 25.7 Å². The van der Waals surface area contributed by atoms with Crippen LogP contribution in [0.25, 0.3) is 0 Å². The predicted octanol–water partition coefficient (Wildman–Crippen LogP) is 0.834. The van der Waals surface area contributed by atoms with Gasteiger partial charge in [0.05, 0.1) is 0 Å². The monoisotopic (exact) mass is 276 g/mol. The summed E-state index contributed by atoms with van der Waals surface area (Å²) < 4.78 is 27.5. The Balaban J connectivity index is 2.58. The van der Waals surface area contributed by atoms with Crippen molar-refractivity contribution in [3.63, 3.8) is 0 Å². The summed E-state index contributed by atoms with van der Waals surface area (Å²) in [5.41, 5.74) is 0. The van der Waals surface area contributed by atoms with E-state index in [2.05, 4.69) is 6.58 Å². The number of unbranched alkanes of at least 4 members (excludes halogenated alkanes) is 1. The summed E-state index contributed by atoms with van der Waals surface area (Å²) in [5.74, 6) is 0.0788. The van der Waals surface area contributed by atoms with Crippen LogP contribution < -0.4 is 0 Å². The van der Waals surface area contributed by atoms with Crippen LogP contribution in [0.4, 0.5) is 0 Å². The quantitative estimate of drug-likeness (QED) is 0.553. The van der Waals surface area contributed by atoms with E-state index in [1.54, 1.807) is 13.1 Å². The second-order valence-electron chi connectivity index (χ2n) is 4.81. The fourth-order valence-electron chi connectivity index (χ4n) is 2.16. The van der Waals surface area contributed by atoms with Crippen molar-refractivity contribution in [2.75, 3.05) is 33.3 Å². The Morgan fingerprint density at radius 2 is 2.28 bits per heavy atom. The van der Waals surface area contributed by atoms with E-state index in [4.69, 9.17) is 5.11 Å². The fraction of sp³-hybridized carbons (Fsp3) is 0.833. The van der Waals surface area contributed by atoms with Gasteiger partial charge in [-0.3, -0.25) is 0 Å². The molecule has 0 aliphatic carbocycles. The number of piperidine rings is 1. The Hall–Kier alpha value is -0.430. The topological polar surface area (TPSA) is 60.9 Å². The molecule has 18 heavy (non-hydrogen) atoms. The molecule has 0 aromatic rings. The Bertz CT molecular complexity index is 356. The van der Waals surface area contributed by atoms with E-state index in [0.29, 0.717) is 19.6 Å². The molecule has 0 bridgehead atoms. The van der Waals surface area contributed by atoms with Crippen LogP contribution in [0.15, 0.2) is 12.7 Å². The molecule has 0 spiro atoms. The van der Waals surface area contributed by atoms with E-state index in [1.807, 2.05) is 0 Å². The summed E-state index contributed by atoms with van der Waals surface area (Å²) in [4.78, 5) is 0. The second kappa shape index (κ2) is 7.23. The molecular weight excluding hydrogens is 252 g/mol. The van der Waals surface area contributed by atoms with Gasteiger partial charge in [-0.1, -0.05) is 6.08 Å². The van der Waals surface area contributed by atoms with Crippen molar-refractivity contribution in [3.8, 4) is 0 Å². The molecule has 106 valence electrons. The van der Waals surface area contributed by atoms with Crippen LogP contribution >= 0.6 is 0 Å². The smallest absolute Gasteiger partial charge is 0.281 e. The first-order valence-electron chi connectivity index (χ1n) is 6.45. The molecule has 1 aliphatic heterocycles. The summed E-state index contributed by atoms with van der Waals surface area (Å²) in [5, 5.41) is 9.14. The van der Waals surface area contributed by atoms with Gasteiger partial charge in [0.15, 0.2) is 0 Å². The highest BCUT2D eigenvalue weighted by atomic mass is 32.2. The van der Waals surface area contributed by atoms with E-state index < -0.39 is 10.2 Å². The number of hydrogen-bond donors (Lipinski definition) is 1. The molecule has 1 heterocycles. The van der Waals surface area contributed by atoms with E-state index in [9.17, 15) is 8.42 Å². The molecule has 0 aromatic carbocycles. The molecule has 1 fully saturated rings. The molecule has 0 saturated carbocycles. The standard InChI is InChI=1S/C12H24N2O3S/c1-3-4-5-8-13(2)18(16,17)14-9-6-7-12(10-14)11-15/h3,12,15H,1,4-11H2,2H3. The summed E-state index contributed by atoms with van der Waals surface area (Å²) in [7, 11) is -1.75. The zero-order chi connectivity index (χ0) is 13.6. The maximum absolute atomic E-state index is 12.3. The van der Waals surface area contributed by atoms with Crippen LogP contribution in [-0.4, -0.2) is 55.4 Å². The molecule has 1 saturated heterocycles. The molecule has 5 nitrogen and oxygen atoms in total. The predicted molar refractivity (Wildman–Crippen MR) is 72.4 cm³/mol. The van der Waals surface area contributed by atoms with Crippen LogP contribution in [0.3, 0.4) is 0 Å². The van der Waals surface area contributed by atoms with Gasteiger partial charge in [0.1, 0.15) is 0 Å². The lowest BCUT2D eigenvalue weighted by atomic mass is 10.0. The van der Waals surface area contributed by atoms with Gasteiger partial charge in [-0.25, -0.2) is 0 Å². The van der Waals surface area contributed by atoms with Crippen molar-refractivity contribution < 1.29 is 13.5 Å². The Morgan fingerprint density at radius 3 is 2.89 bits per heavy atom. The second-order valence-corrected chi connectivity index (χ2v) is 6.84. The van der Waals surface area contributed by atoms with Gasteiger partial charge >= 0.3 is 0 Å². The maximum Gasteiger partial charge on any atom is 0.281 e. The maximum atomic E-state index is 12.3. The van der Waals surface area contributed by atoms with Crippen molar-refractivity contribution in [1.82, 2.24) is 8.61 Å². The Morgan fingerprint density at radius 1 is 1.56 bits per heavy atom. The minimum Gasteiger partial charge on any atom is -0.396 e. The molecule has 0 amide bonds. The average molecular weight is 276 g/mol. The highest BCUT2D eigenvalue weighted by Crippen LogP contribution is 2.20. The van der Waals surface area contributed by atoms with Crippen LogP contribution in [0.5, 0.6) is 0 Å². The third-order valence-corrected chi connectivity index (χ3v) is 5.30. The first-order valence-corrected chi connectivity index (χ1v) is 7.85. The van der Waals surface area contributed by atoms with Crippen molar-refractivity contribution in [1.29, 1.82) is 0 Å². The van der Waals surface area contributed by atoms with Gasteiger partial charge in [0, 0.05) is 33.3 Å². The van der Waals surface area contributed by atoms with Gasteiger partial charge in [-0.2, -0.15) is 17.0 Å². The highest BCUT2D eigenvalue weighted by molar-refractivity contribution is 7.86. The van der Waals surface area contributed by atoms with Crippen molar-refractivity contribution in [2.24, 2.45) is 5.92 Å². The van der Waals surface area contributed by atoms with Gasteiger partial charge in [-0.05, 0) is 31.6 Å². The van der Waals surface area contributed by atoms with E-state index >= 15 is 0 Å². The Kier molecular flexibility index (Phi) is 6.28. The van der Waals surface area contributed by atoms with E-state index in [0.717, 1.165) is 25.7 Å².